The summed E-state index contributed by atoms with van der Waals surface area (Å²) in [5.74, 6) is -0.417. The Labute approximate surface area is 187 Å². The molecule has 0 bridgehead atoms. The van der Waals surface area contributed by atoms with Gasteiger partial charge in [-0.05, 0) is 43.3 Å². The predicted octanol–water partition coefficient (Wildman–Crippen LogP) is 5.09. The van der Waals surface area contributed by atoms with Crippen LogP contribution in [0, 0.1) is 0 Å². The van der Waals surface area contributed by atoms with Crippen molar-refractivity contribution >= 4 is 23.3 Å². The lowest BCUT2D eigenvalue weighted by Gasteiger charge is -2.26. The number of imide groups is 1. The highest BCUT2D eigenvalue weighted by molar-refractivity contribution is 7.09. The molecule has 5 nitrogen and oxygen atoms in total. The summed E-state index contributed by atoms with van der Waals surface area (Å²) in [6.45, 7) is 5.29. The largest absolute Gasteiger partial charge is 0.444 e. The summed E-state index contributed by atoms with van der Waals surface area (Å²) >= 11 is 1.58. The summed E-state index contributed by atoms with van der Waals surface area (Å²) in [7, 11) is 0. The van der Waals surface area contributed by atoms with Gasteiger partial charge in [0.05, 0.1) is 12.1 Å². The maximum absolute atomic E-state index is 13.1. The minimum atomic E-state index is -0.744. The molecule has 31 heavy (non-hydrogen) atoms. The monoisotopic (exact) mass is 436 g/mol. The number of rotatable bonds is 7. The average Bonchev–Trinajstić information content (AvgIpc) is 3.24. The molecule has 0 aliphatic heterocycles. The molecule has 3 aromatic rings. The van der Waals surface area contributed by atoms with Gasteiger partial charge in [0.1, 0.15) is 5.60 Å². The number of benzene rings is 2. The van der Waals surface area contributed by atoms with Gasteiger partial charge in [0.25, 0.3) is 0 Å². The second kappa shape index (κ2) is 10.4. The molecule has 1 heterocycles. The third-order valence-electron chi connectivity index (χ3n) is 4.56. The van der Waals surface area contributed by atoms with E-state index in [1.54, 1.807) is 32.1 Å². The van der Waals surface area contributed by atoms with E-state index in [-0.39, 0.29) is 6.04 Å². The van der Waals surface area contributed by atoms with Gasteiger partial charge in [-0.3, -0.25) is 15.4 Å². The lowest BCUT2D eigenvalue weighted by Crippen LogP contribution is -2.49. The summed E-state index contributed by atoms with van der Waals surface area (Å²) in [6, 6.07) is 23.0. The fourth-order valence-electron chi connectivity index (χ4n) is 3.23. The molecule has 0 unspecified atom stereocenters. The number of carbonyl (C=O) groups is 2. The molecular formula is C25H28N2O3S. The smallest absolute Gasteiger partial charge is 0.414 e. The number of amides is 2. The van der Waals surface area contributed by atoms with Crippen molar-refractivity contribution < 1.29 is 14.3 Å². The van der Waals surface area contributed by atoms with Crippen molar-refractivity contribution in [2.24, 2.45) is 0 Å². The maximum Gasteiger partial charge on any atom is 0.414 e. The highest BCUT2D eigenvalue weighted by atomic mass is 32.1. The fraction of sp³-hybridized carbons (Fsp3) is 0.280. The van der Waals surface area contributed by atoms with E-state index in [1.807, 2.05) is 78.2 Å². The number of ether oxygens (including phenoxy) is 1. The highest BCUT2D eigenvalue weighted by Crippen LogP contribution is 2.23. The van der Waals surface area contributed by atoms with E-state index >= 15 is 0 Å². The summed E-state index contributed by atoms with van der Waals surface area (Å²) in [6.07, 6.45) is -0.283. The standard InChI is InChI=1S/C25H28N2O3S/c1-25(2,3)30-24(29)27-23(28)21(17-20-15-10-16-31-20)26-22(18-11-6-4-7-12-18)19-13-8-5-9-14-19/h4-16,21-22,26H,17H2,1-3H3,(H,27,28,29)/t21-/m0/s1. The van der Waals surface area contributed by atoms with Crippen LogP contribution in [0.2, 0.25) is 0 Å². The Morgan fingerprint density at radius 3 is 1.97 bits per heavy atom. The molecule has 0 saturated heterocycles. The van der Waals surface area contributed by atoms with Crippen LogP contribution >= 0.6 is 11.3 Å². The molecule has 0 radical (unpaired) electrons. The molecule has 2 amide bonds. The maximum atomic E-state index is 13.1. The molecule has 3 rings (SSSR count). The van der Waals surface area contributed by atoms with Crippen molar-refractivity contribution in [3.63, 3.8) is 0 Å². The molecule has 0 aliphatic rings. The second-order valence-electron chi connectivity index (χ2n) is 8.25. The van der Waals surface area contributed by atoms with Crippen LogP contribution in [0.3, 0.4) is 0 Å². The van der Waals surface area contributed by atoms with E-state index in [9.17, 15) is 9.59 Å². The van der Waals surface area contributed by atoms with E-state index in [0.717, 1.165) is 16.0 Å². The zero-order valence-corrected chi connectivity index (χ0v) is 18.8. The van der Waals surface area contributed by atoms with Crippen LogP contribution in [0.5, 0.6) is 0 Å². The van der Waals surface area contributed by atoms with Crippen molar-refractivity contribution in [1.29, 1.82) is 0 Å². The molecule has 1 aromatic heterocycles. The van der Waals surface area contributed by atoms with Crippen LogP contribution in [-0.2, 0) is 16.0 Å². The van der Waals surface area contributed by atoms with Crippen LogP contribution in [0.15, 0.2) is 78.2 Å². The second-order valence-corrected chi connectivity index (χ2v) is 9.28. The van der Waals surface area contributed by atoms with Gasteiger partial charge in [-0.2, -0.15) is 0 Å². The predicted molar refractivity (Wildman–Crippen MR) is 124 cm³/mol. The molecule has 162 valence electrons. The minimum Gasteiger partial charge on any atom is -0.444 e. The number of hydrogen-bond acceptors (Lipinski definition) is 5. The summed E-state index contributed by atoms with van der Waals surface area (Å²) < 4.78 is 5.27. The number of alkyl carbamates (subject to hydrolysis) is 1. The summed E-state index contributed by atoms with van der Waals surface area (Å²) in [4.78, 5) is 26.4. The van der Waals surface area contributed by atoms with Crippen molar-refractivity contribution in [3.8, 4) is 0 Å². The first-order valence-corrected chi connectivity index (χ1v) is 11.1. The minimum absolute atomic E-state index is 0.211. The molecular weight excluding hydrogens is 408 g/mol. The number of thiophene rings is 1. The van der Waals surface area contributed by atoms with Gasteiger partial charge in [-0.25, -0.2) is 4.79 Å². The lowest BCUT2D eigenvalue weighted by molar-refractivity contribution is -0.122. The topological polar surface area (TPSA) is 67.4 Å². The first-order chi connectivity index (χ1) is 14.8. The van der Waals surface area contributed by atoms with Gasteiger partial charge < -0.3 is 4.74 Å². The van der Waals surface area contributed by atoms with Gasteiger partial charge >= 0.3 is 6.09 Å². The van der Waals surface area contributed by atoms with Crippen LogP contribution < -0.4 is 10.6 Å². The van der Waals surface area contributed by atoms with Crippen LogP contribution in [0.4, 0.5) is 4.79 Å². The Morgan fingerprint density at radius 2 is 1.48 bits per heavy atom. The van der Waals surface area contributed by atoms with Crippen LogP contribution in [0.25, 0.3) is 0 Å². The van der Waals surface area contributed by atoms with E-state index in [2.05, 4.69) is 10.6 Å². The zero-order valence-electron chi connectivity index (χ0n) is 18.0. The molecule has 0 fully saturated rings. The van der Waals surface area contributed by atoms with Crippen LogP contribution in [-0.4, -0.2) is 23.6 Å². The van der Waals surface area contributed by atoms with Crippen molar-refractivity contribution in [2.45, 2.75) is 44.9 Å². The Morgan fingerprint density at radius 1 is 0.903 bits per heavy atom. The molecule has 0 saturated carbocycles. The van der Waals surface area contributed by atoms with Crippen molar-refractivity contribution in [1.82, 2.24) is 10.6 Å². The molecule has 2 N–H and O–H groups in total. The highest BCUT2D eigenvalue weighted by Gasteiger charge is 2.27. The normalized spacial score (nSPS) is 12.4. The van der Waals surface area contributed by atoms with E-state index < -0.39 is 23.6 Å². The van der Waals surface area contributed by atoms with Crippen molar-refractivity contribution in [3.05, 3.63) is 94.2 Å². The van der Waals surface area contributed by atoms with E-state index in [4.69, 9.17) is 4.74 Å². The van der Waals surface area contributed by atoms with Crippen LogP contribution in [0.1, 0.15) is 42.8 Å². The average molecular weight is 437 g/mol. The fourth-order valence-corrected chi connectivity index (χ4v) is 3.98. The summed E-state index contributed by atoms with van der Waals surface area (Å²) in [5, 5.41) is 7.86. The number of nitrogens with one attached hydrogen (secondary N) is 2. The Kier molecular flexibility index (Phi) is 7.60. The van der Waals surface area contributed by atoms with Gasteiger partial charge in [0, 0.05) is 11.3 Å². The molecule has 2 aromatic carbocycles. The molecule has 0 spiro atoms. The van der Waals surface area contributed by atoms with Gasteiger partial charge in [-0.1, -0.05) is 66.7 Å². The Bertz CT molecular complexity index is 928. The zero-order chi connectivity index (χ0) is 22.3. The molecule has 1 atom stereocenters. The number of carbonyl (C=O) groups excluding carboxylic acids is 2. The van der Waals surface area contributed by atoms with E-state index in [1.165, 1.54) is 0 Å². The SMILES string of the molecule is CC(C)(C)OC(=O)NC(=O)[C@H](Cc1cccs1)NC(c1ccccc1)c1ccccc1. The third-order valence-corrected chi connectivity index (χ3v) is 5.46. The first kappa shape index (κ1) is 22.7. The van der Waals surface area contributed by atoms with Gasteiger partial charge in [0.2, 0.25) is 5.91 Å². The molecule has 6 heteroatoms. The van der Waals surface area contributed by atoms with E-state index in [0.29, 0.717) is 6.42 Å². The summed E-state index contributed by atoms with van der Waals surface area (Å²) in [5.41, 5.74) is 1.39. The van der Waals surface area contributed by atoms with Crippen molar-refractivity contribution in [2.75, 3.05) is 0 Å². The number of hydrogen-bond donors (Lipinski definition) is 2. The molecule has 0 aliphatic carbocycles. The van der Waals surface area contributed by atoms with Gasteiger partial charge in [-0.15, -0.1) is 11.3 Å². The Hall–Kier alpha value is -2.96. The first-order valence-electron chi connectivity index (χ1n) is 10.2. The quantitative estimate of drug-likeness (QED) is 0.541. The van der Waals surface area contributed by atoms with Gasteiger partial charge in [0.15, 0.2) is 0 Å². The third kappa shape index (κ3) is 7.05. The lowest BCUT2D eigenvalue weighted by atomic mass is 9.97. The Balaban J connectivity index is 1.86.